The van der Waals surface area contributed by atoms with E-state index >= 15 is 0 Å². The molecule has 0 N–H and O–H groups in total. The van der Waals surface area contributed by atoms with E-state index in [1.807, 2.05) is 43.0 Å². The number of carbonyl (C=O) groups excluding carboxylic acids is 1. The van der Waals surface area contributed by atoms with Crippen LogP contribution in [0.2, 0.25) is 0 Å². The number of amides is 1. The van der Waals surface area contributed by atoms with Crippen LogP contribution in [0.25, 0.3) is 0 Å². The molecule has 1 heterocycles. The SMILES string of the molecule is CC/C=C/COCC(=O)N1[C@H]2c3ccccc3C[C@H]2OC1(C)C. The molecule has 1 aromatic rings. The summed E-state index contributed by atoms with van der Waals surface area (Å²) in [5, 5.41) is 0. The fourth-order valence-corrected chi connectivity index (χ4v) is 3.68. The summed E-state index contributed by atoms with van der Waals surface area (Å²) < 4.78 is 11.7. The van der Waals surface area contributed by atoms with Crippen LogP contribution in [0.5, 0.6) is 0 Å². The van der Waals surface area contributed by atoms with E-state index in [1.54, 1.807) is 0 Å². The number of allylic oxidation sites excluding steroid dienone is 1. The Bertz CT molecular complexity index is 608. The average molecular weight is 315 g/mol. The zero-order chi connectivity index (χ0) is 16.4. The Balaban J connectivity index is 1.74. The number of fused-ring (bicyclic) bond motifs is 3. The van der Waals surface area contributed by atoms with Crippen molar-refractivity contribution in [2.24, 2.45) is 0 Å². The maximum atomic E-state index is 12.7. The van der Waals surface area contributed by atoms with E-state index < -0.39 is 5.72 Å². The molecule has 1 fully saturated rings. The first-order chi connectivity index (χ1) is 11.0. The van der Waals surface area contributed by atoms with Gasteiger partial charge in [-0.3, -0.25) is 4.79 Å². The van der Waals surface area contributed by atoms with E-state index in [0.29, 0.717) is 6.61 Å². The first-order valence-corrected chi connectivity index (χ1v) is 8.35. The molecule has 0 aromatic heterocycles. The lowest BCUT2D eigenvalue weighted by Gasteiger charge is -2.33. The Morgan fingerprint density at radius 2 is 2.17 bits per heavy atom. The molecule has 1 aliphatic heterocycles. The van der Waals surface area contributed by atoms with Gasteiger partial charge < -0.3 is 14.4 Å². The van der Waals surface area contributed by atoms with Gasteiger partial charge in [0.25, 0.3) is 5.91 Å². The van der Waals surface area contributed by atoms with Crippen LogP contribution in [-0.4, -0.2) is 35.8 Å². The van der Waals surface area contributed by atoms with Gasteiger partial charge in [0.05, 0.1) is 18.8 Å². The van der Waals surface area contributed by atoms with Crippen molar-refractivity contribution in [3.63, 3.8) is 0 Å². The largest absolute Gasteiger partial charge is 0.368 e. The number of hydrogen-bond acceptors (Lipinski definition) is 3. The molecule has 1 aliphatic carbocycles. The van der Waals surface area contributed by atoms with E-state index in [-0.39, 0.29) is 24.7 Å². The predicted octanol–water partition coefficient (Wildman–Crippen LogP) is 3.23. The van der Waals surface area contributed by atoms with Crippen LogP contribution in [0.4, 0.5) is 0 Å². The number of rotatable bonds is 5. The second-order valence-corrected chi connectivity index (χ2v) is 6.61. The highest BCUT2D eigenvalue weighted by atomic mass is 16.5. The van der Waals surface area contributed by atoms with Crippen molar-refractivity contribution >= 4 is 5.91 Å². The van der Waals surface area contributed by atoms with E-state index in [1.165, 1.54) is 11.1 Å². The van der Waals surface area contributed by atoms with Crippen molar-refractivity contribution in [3.8, 4) is 0 Å². The van der Waals surface area contributed by atoms with Crippen molar-refractivity contribution in [1.82, 2.24) is 4.90 Å². The number of ether oxygens (including phenoxy) is 2. The first-order valence-electron chi connectivity index (χ1n) is 8.35. The fraction of sp³-hybridized carbons (Fsp3) is 0.526. The van der Waals surface area contributed by atoms with Crippen LogP contribution in [0.1, 0.15) is 44.4 Å². The number of benzene rings is 1. The third-order valence-electron chi connectivity index (χ3n) is 4.56. The number of carbonyl (C=O) groups is 1. The smallest absolute Gasteiger partial charge is 0.251 e. The second kappa shape index (κ2) is 6.46. The summed E-state index contributed by atoms with van der Waals surface area (Å²) in [5.74, 6) is -0.0101. The van der Waals surface area contributed by atoms with Gasteiger partial charge in [-0.25, -0.2) is 0 Å². The molecule has 0 radical (unpaired) electrons. The fourth-order valence-electron chi connectivity index (χ4n) is 3.68. The highest BCUT2D eigenvalue weighted by Crippen LogP contribution is 2.48. The van der Waals surface area contributed by atoms with Crippen molar-refractivity contribution in [2.75, 3.05) is 13.2 Å². The molecule has 1 saturated heterocycles. The van der Waals surface area contributed by atoms with Gasteiger partial charge in [0.2, 0.25) is 0 Å². The highest BCUT2D eigenvalue weighted by molar-refractivity contribution is 5.79. The van der Waals surface area contributed by atoms with Crippen LogP contribution in [0, 0.1) is 0 Å². The van der Waals surface area contributed by atoms with Gasteiger partial charge in [-0.15, -0.1) is 0 Å². The second-order valence-electron chi connectivity index (χ2n) is 6.61. The zero-order valence-electron chi connectivity index (χ0n) is 14.1. The molecule has 0 saturated carbocycles. The van der Waals surface area contributed by atoms with Gasteiger partial charge in [0, 0.05) is 6.42 Å². The molecule has 1 amide bonds. The van der Waals surface area contributed by atoms with Gasteiger partial charge in [-0.1, -0.05) is 43.3 Å². The molecular formula is C19H25NO3. The van der Waals surface area contributed by atoms with Crippen LogP contribution < -0.4 is 0 Å². The normalized spacial score (nSPS) is 24.9. The molecule has 124 valence electrons. The Labute approximate surface area is 138 Å². The third-order valence-corrected chi connectivity index (χ3v) is 4.56. The number of nitrogens with zero attached hydrogens (tertiary/aromatic N) is 1. The quantitative estimate of drug-likeness (QED) is 0.618. The summed E-state index contributed by atoms with van der Waals surface area (Å²) >= 11 is 0. The summed E-state index contributed by atoms with van der Waals surface area (Å²) in [5.41, 5.74) is 1.90. The summed E-state index contributed by atoms with van der Waals surface area (Å²) in [6.07, 6.45) is 5.88. The monoisotopic (exact) mass is 315 g/mol. The van der Waals surface area contributed by atoms with Gasteiger partial charge in [-0.2, -0.15) is 0 Å². The van der Waals surface area contributed by atoms with Gasteiger partial charge in [-0.05, 0) is 31.4 Å². The third kappa shape index (κ3) is 3.06. The lowest BCUT2D eigenvalue weighted by atomic mass is 10.1. The zero-order valence-corrected chi connectivity index (χ0v) is 14.1. The lowest BCUT2D eigenvalue weighted by Crippen LogP contribution is -2.46. The van der Waals surface area contributed by atoms with Crippen LogP contribution in [0.3, 0.4) is 0 Å². The molecule has 1 aromatic carbocycles. The Kier molecular flexibility index (Phi) is 4.55. The van der Waals surface area contributed by atoms with Crippen LogP contribution in [0.15, 0.2) is 36.4 Å². The van der Waals surface area contributed by atoms with Crippen LogP contribution in [-0.2, 0) is 20.7 Å². The summed E-state index contributed by atoms with van der Waals surface area (Å²) in [6, 6.07) is 8.30. The van der Waals surface area contributed by atoms with Crippen molar-refractivity contribution in [1.29, 1.82) is 0 Å². The standard InChI is InChI=1S/C19H25NO3/c1-4-5-8-11-22-13-17(21)20-18-15-10-7-6-9-14(15)12-16(18)23-19(20,2)3/h5-10,16,18H,4,11-13H2,1-3H3/b8-5+/t16-,18+/m1/s1. The maximum Gasteiger partial charge on any atom is 0.251 e. The Hall–Kier alpha value is -1.65. The molecule has 4 nitrogen and oxygen atoms in total. The summed E-state index contributed by atoms with van der Waals surface area (Å²) in [4.78, 5) is 14.6. The molecule has 0 unspecified atom stereocenters. The Morgan fingerprint density at radius 3 is 2.96 bits per heavy atom. The molecule has 23 heavy (non-hydrogen) atoms. The predicted molar refractivity (Wildman–Crippen MR) is 88.9 cm³/mol. The van der Waals surface area contributed by atoms with Crippen LogP contribution >= 0.6 is 0 Å². The molecule has 2 atom stereocenters. The minimum absolute atomic E-state index is 0.00323. The summed E-state index contributed by atoms with van der Waals surface area (Å²) in [7, 11) is 0. The van der Waals surface area contributed by atoms with E-state index in [4.69, 9.17) is 9.47 Å². The molecule has 0 spiro atoms. The molecule has 0 bridgehead atoms. The Morgan fingerprint density at radius 1 is 1.39 bits per heavy atom. The van der Waals surface area contributed by atoms with Gasteiger partial charge >= 0.3 is 0 Å². The topological polar surface area (TPSA) is 38.8 Å². The average Bonchev–Trinajstić information content (AvgIpc) is 2.97. The van der Waals surface area contributed by atoms with E-state index in [9.17, 15) is 4.79 Å². The summed E-state index contributed by atoms with van der Waals surface area (Å²) in [6.45, 7) is 6.56. The van der Waals surface area contributed by atoms with Gasteiger partial charge in [0.1, 0.15) is 12.3 Å². The molecule has 3 rings (SSSR count). The minimum atomic E-state index is -0.595. The molecule has 2 aliphatic rings. The van der Waals surface area contributed by atoms with Crippen molar-refractivity contribution in [3.05, 3.63) is 47.5 Å². The molecular weight excluding hydrogens is 290 g/mol. The molecule has 4 heteroatoms. The van der Waals surface area contributed by atoms with Crippen molar-refractivity contribution < 1.29 is 14.3 Å². The maximum absolute atomic E-state index is 12.7. The van der Waals surface area contributed by atoms with E-state index in [0.717, 1.165) is 12.8 Å². The number of hydrogen-bond donors (Lipinski definition) is 0. The first kappa shape index (κ1) is 16.2. The van der Waals surface area contributed by atoms with Crippen molar-refractivity contribution in [2.45, 2.75) is 51.5 Å². The highest BCUT2D eigenvalue weighted by Gasteiger charge is 2.53. The van der Waals surface area contributed by atoms with Gasteiger partial charge in [0.15, 0.2) is 0 Å². The minimum Gasteiger partial charge on any atom is -0.368 e. The lowest BCUT2D eigenvalue weighted by molar-refractivity contribution is -0.152. The van der Waals surface area contributed by atoms with E-state index in [2.05, 4.69) is 19.1 Å².